The Bertz CT molecular complexity index is 1150. The molecule has 0 bridgehead atoms. The second-order valence-corrected chi connectivity index (χ2v) is 7.26. The van der Waals surface area contributed by atoms with Crippen molar-refractivity contribution in [2.24, 2.45) is 0 Å². The van der Waals surface area contributed by atoms with Crippen molar-refractivity contribution >= 4 is 44.5 Å². The summed E-state index contributed by atoms with van der Waals surface area (Å²) >= 11 is 10.0. The average Bonchev–Trinajstić information content (AvgIpc) is 3.06. The maximum atomic E-state index is 9.01. The molecular formula is C20H20BrClN4O4. The second kappa shape index (κ2) is 9.43. The Kier molecular flexibility index (Phi) is 6.92. The number of rotatable bonds is 6. The fraction of sp³-hybridized carbons (Fsp3) is 0.300. The van der Waals surface area contributed by atoms with Crippen LogP contribution < -0.4 is 19.9 Å². The van der Waals surface area contributed by atoms with Crippen molar-refractivity contribution in [3.63, 3.8) is 0 Å². The average molecular weight is 496 g/mol. The number of fused-ring (bicyclic) bond motifs is 1. The van der Waals surface area contributed by atoms with Crippen molar-refractivity contribution in [1.82, 2.24) is 14.5 Å². The fourth-order valence-electron chi connectivity index (χ4n) is 3.06. The molecule has 0 radical (unpaired) electrons. The molecule has 0 saturated carbocycles. The molecule has 0 spiro atoms. The van der Waals surface area contributed by atoms with E-state index in [4.69, 9.17) is 36.7 Å². The summed E-state index contributed by atoms with van der Waals surface area (Å²) in [5.74, 6) is 7.38. The van der Waals surface area contributed by atoms with Crippen molar-refractivity contribution in [3.8, 4) is 29.1 Å². The number of nitrogens with two attached hydrogens (primary N) is 1. The number of hydrogen-bond donors (Lipinski definition) is 2. The number of nitrogen functional groups attached to an aromatic ring is 1. The highest BCUT2D eigenvalue weighted by Gasteiger charge is 2.21. The lowest BCUT2D eigenvalue weighted by Gasteiger charge is -2.17. The molecule has 8 nitrogen and oxygen atoms in total. The first kappa shape index (κ1) is 22.0. The summed E-state index contributed by atoms with van der Waals surface area (Å²) in [7, 11) is 4.57. The number of benzene rings is 1. The second-order valence-electron chi connectivity index (χ2n) is 6.14. The lowest BCUT2D eigenvalue weighted by molar-refractivity contribution is 0.305. The van der Waals surface area contributed by atoms with E-state index in [-0.39, 0.29) is 12.6 Å². The number of hydrogen-bond acceptors (Lipinski definition) is 7. The van der Waals surface area contributed by atoms with Crippen LogP contribution in [-0.2, 0) is 6.54 Å². The standard InChI is InChI=1S/C20H20BrClN4O4/c1-28-13-8-12(15(22)17(30-3)16(13)29-2)10-26-9-11(6-4-5-7-27)14-18(21)24-20(23)25-19(14)26/h8-9,27H,5,7,10H2,1-3H3,(H2,23,24,25). The highest BCUT2D eigenvalue weighted by Crippen LogP contribution is 2.45. The number of ether oxygens (including phenoxy) is 3. The minimum absolute atomic E-state index is 0.0166. The SMILES string of the molecule is COc1cc(Cn2cc(C#CCCO)c3c(Br)nc(N)nc32)c(Cl)c(OC)c1OC. The van der Waals surface area contributed by atoms with Crippen molar-refractivity contribution in [3.05, 3.63) is 33.0 Å². The Morgan fingerprint density at radius 1 is 1.20 bits per heavy atom. The van der Waals surface area contributed by atoms with Gasteiger partial charge >= 0.3 is 0 Å². The van der Waals surface area contributed by atoms with Gasteiger partial charge in [-0.05, 0) is 27.6 Å². The lowest BCUT2D eigenvalue weighted by Crippen LogP contribution is -2.05. The van der Waals surface area contributed by atoms with Gasteiger partial charge in [-0.25, -0.2) is 4.98 Å². The number of halogens is 2. The van der Waals surface area contributed by atoms with E-state index in [1.54, 1.807) is 13.2 Å². The van der Waals surface area contributed by atoms with Gasteiger partial charge in [-0.15, -0.1) is 0 Å². The summed E-state index contributed by atoms with van der Waals surface area (Å²) in [6.45, 7) is 0.327. The molecule has 3 rings (SSSR count). The number of aliphatic hydroxyl groups excluding tert-OH is 1. The molecule has 2 aromatic heterocycles. The van der Waals surface area contributed by atoms with Crippen LogP contribution in [0.1, 0.15) is 17.5 Å². The van der Waals surface area contributed by atoms with Gasteiger partial charge in [0.25, 0.3) is 0 Å². The van der Waals surface area contributed by atoms with Gasteiger partial charge in [0.1, 0.15) is 10.3 Å². The van der Waals surface area contributed by atoms with E-state index < -0.39 is 0 Å². The molecule has 1 aromatic carbocycles. The van der Waals surface area contributed by atoms with Crippen LogP contribution >= 0.6 is 27.5 Å². The first-order chi connectivity index (χ1) is 14.4. The lowest BCUT2D eigenvalue weighted by atomic mass is 10.1. The maximum absolute atomic E-state index is 9.01. The molecule has 0 saturated heterocycles. The predicted molar refractivity (Wildman–Crippen MR) is 118 cm³/mol. The highest BCUT2D eigenvalue weighted by atomic mass is 79.9. The van der Waals surface area contributed by atoms with Crippen LogP contribution in [-0.4, -0.2) is 47.6 Å². The van der Waals surface area contributed by atoms with E-state index >= 15 is 0 Å². The van der Waals surface area contributed by atoms with Crippen LogP contribution in [0.25, 0.3) is 11.0 Å². The molecule has 0 fully saturated rings. The Morgan fingerprint density at radius 3 is 2.57 bits per heavy atom. The van der Waals surface area contributed by atoms with E-state index in [9.17, 15) is 0 Å². The highest BCUT2D eigenvalue weighted by molar-refractivity contribution is 9.10. The molecule has 0 aliphatic carbocycles. The first-order valence-corrected chi connectivity index (χ1v) is 10.0. The summed E-state index contributed by atoms with van der Waals surface area (Å²) in [4.78, 5) is 8.56. The van der Waals surface area contributed by atoms with E-state index in [1.165, 1.54) is 14.2 Å². The van der Waals surface area contributed by atoms with E-state index in [0.717, 1.165) is 10.9 Å². The Morgan fingerprint density at radius 2 is 1.93 bits per heavy atom. The number of aromatic nitrogens is 3. The molecule has 3 aromatic rings. The van der Waals surface area contributed by atoms with Gasteiger partial charge in [0, 0.05) is 12.6 Å². The number of methoxy groups -OCH3 is 3. The molecular weight excluding hydrogens is 476 g/mol. The number of anilines is 1. The number of aliphatic hydroxyl groups is 1. The third-order valence-corrected chi connectivity index (χ3v) is 5.32. The van der Waals surface area contributed by atoms with Crippen LogP contribution in [0.4, 0.5) is 5.95 Å². The normalized spacial score (nSPS) is 10.6. The summed E-state index contributed by atoms with van der Waals surface area (Å²) in [6, 6.07) is 1.78. The Balaban J connectivity index is 2.18. The molecule has 0 amide bonds. The van der Waals surface area contributed by atoms with Gasteiger partial charge in [-0.1, -0.05) is 23.4 Å². The van der Waals surface area contributed by atoms with E-state index in [0.29, 0.717) is 51.1 Å². The largest absolute Gasteiger partial charge is 0.493 e. The molecule has 0 unspecified atom stereocenters. The zero-order valence-electron chi connectivity index (χ0n) is 16.6. The van der Waals surface area contributed by atoms with Crippen molar-refractivity contribution < 1.29 is 19.3 Å². The summed E-state index contributed by atoms with van der Waals surface area (Å²) in [5, 5.41) is 10.1. The fourth-order valence-corrected chi connectivity index (χ4v) is 3.91. The third kappa shape index (κ3) is 4.12. The summed E-state index contributed by atoms with van der Waals surface area (Å²) in [5.41, 5.74) is 7.88. The zero-order valence-corrected chi connectivity index (χ0v) is 19.0. The van der Waals surface area contributed by atoms with Gasteiger partial charge in [-0.2, -0.15) is 4.98 Å². The van der Waals surface area contributed by atoms with Crippen LogP contribution in [0.5, 0.6) is 17.2 Å². The third-order valence-electron chi connectivity index (χ3n) is 4.33. The van der Waals surface area contributed by atoms with Gasteiger partial charge in [0.05, 0.1) is 50.5 Å². The molecule has 158 valence electrons. The first-order valence-electron chi connectivity index (χ1n) is 8.84. The van der Waals surface area contributed by atoms with Crippen LogP contribution in [0.15, 0.2) is 16.9 Å². The predicted octanol–water partition coefficient (Wildman–Crippen LogP) is 3.24. The Labute approximate surface area is 187 Å². The minimum Gasteiger partial charge on any atom is -0.493 e. The zero-order chi connectivity index (χ0) is 21.8. The molecule has 3 N–H and O–H groups in total. The van der Waals surface area contributed by atoms with Gasteiger partial charge in [0.2, 0.25) is 11.7 Å². The molecule has 0 aliphatic rings. The number of nitrogens with zero attached hydrogens (tertiary/aromatic N) is 3. The van der Waals surface area contributed by atoms with Crippen LogP contribution in [0.3, 0.4) is 0 Å². The van der Waals surface area contributed by atoms with Gasteiger partial charge in [0.15, 0.2) is 11.5 Å². The molecule has 0 aliphatic heterocycles. The molecule has 2 heterocycles. The molecule has 30 heavy (non-hydrogen) atoms. The van der Waals surface area contributed by atoms with Crippen molar-refractivity contribution in [1.29, 1.82) is 0 Å². The molecule has 10 heteroatoms. The van der Waals surface area contributed by atoms with E-state index in [1.807, 2.05) is 10.8 Å². The topological polar surface area (TPSA) is 105 Å². The van der Waals surface area contributed by atoms with Gasteiger partial charge < -0.3 is 29.6 Å². The van der Waals surface area contributed by atoms with E-state index in [2.05, 4.69) is 37.7 Å². The summed E-state index contributed by atoms with van der Waals surface area (Å²) in [6.07, 6.45) is 2.20. The Hall–Kier alpha value is -2.67. The maximum Gasteiger partial charge on any atom is 0.223 e. The minimum atomic E-state index is -0.0166. The van der Waals surface area contributed by atoms with Crippen molar-refractivity contribution in [2.75, 3.05) is 33.7 Å². The molecule has 0 atom stereocenters. The van der Waals surface area contributed by atoms with Crippen LogP contribution in [0.2, 0.25) is 5.02 Å². The monoisotopic (exact) mass is 494 g/mol. The smallest absolute Gasteiger partial charge is 0.223 e. The van der Waals surface area contributed by atoms with Crippen molar-refractivity contribution in [2.45, 2.75) is 13.0 Å². The van der Waals surface area contributed by atoms with Gasteiger partial charge in [-0.3, -0.25) is 0 Å². The summed E-state index contributed by atoms with van der Waals surface area (Å²) < 4.78 is 18.7. The van der Waals surface area contributed by atoms with Crippen LogP contribution in [0, 0.1) is 11.8 Å². The quantitative estimate of drug-likeness (QED) is 0.399.